The van der Waals surface area contributed by atoms with E-state index < -0.39 is 0 Å². The number of fused-ring (bicyclic) bond motifs is 1. The smallest absolute Gasteiger partial charge is 0.266 e. The molecule has 2 N–H and O–H groups in total. The number of carbonyl (C=O) groups excluding carboxylic acids is 1. The minimum Gasteiger partial charge on any atom is -0.397 e. The summed E-state index contributed by atoms with van der Waals surface area (Å²) in [5.74, 6) is -0.0625. The lowest BCUT2D eigenvalue weighted by Gasteiger charge is -2.20. The van der Waals surface area contributed by atoms with E-state index in [2.05, 4.69) is 10.2 Å². The average Bonchev–Trinajstić information content (AvgIpc) is 2.70. The summed E-state index contributed by atoms with van der Waals surface area (Å²) in [5, 5.41) is 9.07. The second kappa shape index (κ2) is 4.77. The average molecular weight is 278 g/mol. The maximum Gasteiger partial charge on any atom is 0.266 e. The van der Waals surface area contributed by atoms with E-state index in [1.165, 1.54) is 11.3 Å². The number of aromatic nitrogens is 2. The van der Waals surface area contributed by atoms with Crippen molar-refractivity contribution in [2.24, 2.45) is 0 Å². The zero-order chi connectivity index (χ0) is 14.3. The van der Waals surface area contributed by atoms with Gasteiger partial charge < -0.3 is 10.6 Å². The molecule has 2 aromatic heterocycles. The molecule has 0 unspecified atom stereocenters. The minimum absolute atomic E-state index is 0.0625. The maximum absolute atomic E-state index is 12.4. The Morgan fingerprint density at radius 3 is 2.53 bits per heavy atom. The van der Waals surface area contributed by atoms with E-state index in [-0.39, 0.29) is 11.9 Å². The second-order valence-electron chi connectivity index (χ2n) is 4.95. The number of hydrogen-bond acceptors (Lipinski definition) is 5. The molecule has 0 aliphatic carbocycles. The molecule has 0 atom stereocenters. The second-order valence-corrected chi connectivity index (χ2v) is 5.94. The van der Waals surface area contributed by atoms with Crippen molar-refractivity contribution in [1.29, 1.82) is 0 Å². The summed E-state index contributed by atoms with van der Waals surface area (Å²) < 4.78 is 0. The molecule has 102 valence electrons. The summed E-state index contributed by atoms with van der Waals surface area (Å²) in [6, 6.07) is 0.131. The van der Waals surface area contributed by atoms with Crippen LogP contribution in [0.3, 0.4) is 0 Å². The van der Waals surface area contributed by atoms with Gasteiger partial charge in [-0.1, -0.05) is 0 Å². The molecule has 19 heavy (non-hydrogen) atoms. The highest BCUT2D eigenvalue weighted by molar-refractivity contribution is 7.21. The third kappa shape index (κ3) is 2.16. The number of amides is 1. The first-order chi connectivity index (χ1) is 8.84. The Bertz CT molecular complexity index is 648. The molecule has 1 amide bonds. The molecule has 0 fully saturated rings. The highest BCUT2D eigenvalue weighted by atomic mass is 32.1. The summed E-state index contributed by atoms with van der Waals surface area (Å²) in [7, 11) is 1.78. The highest BCUT2D eigenvalue weighted by Gasteiger charge is 2.23. The van der Waals surface area contributed by atoms with Crippen LogP contribution in [0, 0.1) is 13.8 Å². The van der Waals surface area contributed by atoms with Gasteiger partial charge in [0.15, 0.2) is 0 Å². The van der Waals surface area contributed by atoms with Crippen molar-refractivity contribution in [2.45, 2.75) is 33.7 Å². The van der Waals surface area contributed by atoms with Crippen LogP contribution in [0.25, 0.3) is 10.2 Å². The number of nitrogens with two attached hydrogens (primary N) is 1. The highest BCUT2D eigenvalue weighted by Crippen LogP contribution is 2.35. The summed E-state index contributed by atoms with van der Waals surface area (Å²) in [4.78, 5) is 15.3. The van der Waals surface area contributed by atoms with Gasteiger partial charge in [-0.15, -0.1) is 16.4 Å². The predicted molar refractivity (Wildman–Crippen MR) is 78.5 cm³/mol. The molecular formula is C13H18N4OS. The van der Waals surface area contributed by atoms with Crippen LogP contribution >= 0.6 is 11.3 Å². The van der Waals surface area contributed by atoms with Crippen LogP contribution in [0.15, 0.2) is 0 Å². The van der Waals surface area contributed by atoms with Crippen molar-refractivity contribution < 1.29 is 4.79 Å². The Labute approximate surface area is 116 Å². The lowest BCUT2D eigenvalue weighted by molar-refractivity contribution is 0.0761. The number of anilines is 1. The van der Waals surface area contributed by atoms with Crippen LogP contribution in [-0.4, -0.2) is 34.1 Å². The monoisotopic (exact) mass is 278 g/mol. The summed E-state index contributed by atoms with van der Waals surface area (Å²) >= 11 is 1.31. The van der Waals surface area contributed by atoms with Crippen molar-refractivity contribution in [1.82, 2.24) is 15.1 Å². The van der Waals surface area contributed by atoms with Crippen molar-refractivity contribution >= 4 is 33.1 Å². The van der Waals surface area contributed by atoms with Gasteiger partial charge in [-0.25, -0.2) is 0 Å². The topological polar surface area (TPSA) is 72.1 Å². The van der Waals surface area contributed by atoms with Gasteiger partial charge >= 0.3 is 0 Å². The zero-order valence-electron chi connectivity index (χ0n) is 11.8. The van der Waals surface area contributed by atoms with Gasteiger partial charge in [-0.05, 0) is 33.3 Å². The molecule has 0 saturated heterocycles. The largest absolute Gasteiger partial charge is 0.397 e. The first kappa shape index (κ1) is 13.7. The van der Waals surface area contributed by atoms with Gasteiger partial charge in [-0.2, -0.15) is 5.10 Å². The Kier molecular flexibility index (Phi) is 3.45. The molecular weight excluding hydrogens is 260 g/mol. The van der Waals surface area contributed by atoms with Crippen LogP contribution in [0.4, 0.5) is 5.69 Å². The Hall–Kier alpha value is -1.69. The van der Waals surface area contributed by atoms with E-state index in [4.69, 9.17) is 5.73 Å². The van der Waals surface area contributed by atoms with E-state index in [1.54, 1.807) is 11.9 Å². The van der Waals surface area contributed by atoms with Gasteiger partial charge in [-0.3, -0.25) is 4.79 Å². The van der Waals surface area contributed by atoms with E-state index in [9.17, 15) is 4.79 Å². The number of rotatable bonds is 2. The molecule has 6 heteroatoms. The molecule has 2 rings (SSSR count). The lowest BCUT2D eigenvalue weighted by atomic mass is 10.1. The molecule has 0 aromatic carbocycles. The quantitative estimate of drug-likeness (QED) is 0.915. The fourth-order valence-corrected chi connectivity index (χ4v) is 2.88. The summed E-state index contributed by atoms with van der Waals surface area (Å²) in [5.41, 5.74) is 8.50. The molecule has 0 aliphatic heterocycles. The summed E-state index contributed by atoms with van der Waals surface area (Å²) in [6.45, 7) is 7.78. The van der Waals surface area contributed by atoms with Crippen LogP contribution in [-0.2, 0) is 0 Å². The SMILES string of the molecule is Cc1nnc2sc(C(=O)N(C)C(C)C)c(N)c2c1C. The fraction of sp³-hybridized carbons (Fsp3) is 0.462. The Balaban J connectivity index is 2.61. The predicted octanol–water partition coefficient (Wildman–Crippen LogP) is 2.37. The third-order valence-corrected chi connectivity index (χ3v) is 4.50. The molecule has 5 nitrogen and oxygen atoms in total. The number of nitrogen functional groups attached to an aromatic ring is 1. The van der Waals surface area contributed by atoms with E-state index in [1.807, 2.05) is 27.7 Å². The van der Waals surface area contributed by atoms with Gasteiger partial charge in [0.25, 0.3) is 5.91 Å². The minimum atomic E-state index is -0.0625. The van der Waals surface area contributed by atoms with E-state index in [0.717, 1.165) is 21.5 Å². The van der Waals surface area contributed by atoms with E-state index in [0.29, 0.717) is 10.6 Å². The molecule has 2 heterocycles. The van der Waals surface area contributed by atoms with Crippen molar-refractivity contribution in [2.75, 3.05) is 12.8 Å². The molecule has 0 radical (unpaired) electrons. The van der Waals surface area contributed by atoms with Crippen LogP contribution in [0.5, 0.6) is 0 Å². The number of thiophene rings is 1. The molecule has 0 bridgehead atoms. The van der Waals surface area contributed by atoms with Gasteiger partial charge in [0.05, 0.1) is 11.4 Å². The van der Waals surface area contributed by atoms with Crippen LogP contribution in [0.2, 0.25) is 0 Å². The lowest BCUT2D eigenvalue weighted by Crippen LogP contribution is -2.32. The zero-order valence-corrected chi connectivity index (χ0v) is 12.6. The molecule has 0 aliphatic rings. The first-order valence-electron chi connectivity index (χ1n) is 6.13. The summed E-state index contributed by atoms with van der Waals surface area (Å²) in [6.07, 6.45) is 0. The Morgan fingerprint density at radius 2 is 1.95 bits per heavy atom. The molecule has 2 aromatic rings. The van der Waals surface area contributed by atoms with Gasteiger partial charge in [0.1, 0.15) is 9.71 Å². The van der Waals surface area contributed by atoms with Crippen molar-refractivity contribution in [3.63, 3.8) is 0 Å². The van der Waals surface area contributed by atoms with Crippen LogP contribution < -0.4 is 5.73 Å². The van der Waals surface area contributed by atoms with Gasteiger partial charge in [0, 0.05) is 18.5 Å². The van der Waals surface area contributed by atoms with Crippen molar-refractivity contribution in [3.05, 3.63) is 16.1 Å². The van der Waals surface area contributed by atoms with Crippen LogP contribution in [0.1, 0.15) is 34.8 Å². The van der Waals surface area contributed by atoms with E-state index >= 15 is 0 Å². The molecule has 0 spiro atoms. The number of hydrogen-bond donors (Lipinski definition) is 1. The Morgan fingerprint density at radius 1 is 1.32 bits per heavy atom. The fourth-order valence-electron chi connectivity index (χ4n) is 1.79. The number of carbonyl (C=O) groups is 1. The third-order valence-electron chi connectivity index (χ3n) is 3.42. The van der Waals surface area contributed by atoms with Crippen molar-refractivity contribution in [3.8, 4) is 0 Å². The van der Waals surface area contributed by atoms with Gasteiger partial charge in [0.2, 0.25) is 0 Å². The standard InChI is InChI=1S/C13H18N4OS/c1-6(2)17(5)13(18)11-10(14)9-7(3)8(4)15-16-12(9)19-11/h6H,14H2,1-5H3. The maximum atomic E-state index is 12.4. The number of nitrogens with zero attached hydrogens (tertiary/aromatic N) is 3. The molecule has 0 saturated carbocycles. The normalized spacial score (nSPS) is 11.3. The number of aryl methyl sites for hydroxylation is 2. The first-order valence-corrected chi connectivity index (χ1v) is 6.95.